The van der Waals surface area contributed by atoms with Gasteiger partial charge >= 0.3 is 0 Å². The summed E-state index contributed by atoms with van der Waals surface area (Å²) in [5.41, 5.74) is 0.250. The number of halogens is 1. The Labute approximate surface area is 113 Å². The summed E-state index contributed by atoms with van der Waals surface area (Å²) in [5, 5.41) is 0. The van der Waals surface area contributed by atoms with E-state index in [0.29, 0.717) is 18.7 Å². The molecule has 3 nitrogen and oxygen atoms in total. The smallest absolute Gasteiger partial charge is 0.257 e. The first-order valence-corrected chi connectivity index (χ1v) is 6.28. The monoisotopic (exact) mass is 265 g/mol. The van der Waals surface area contributed by atoms with Gasteiger partial charge in [-0.3, -0.25) is 4.79 Å². The van der Waals surface area contributed by atoms with Crippen molar-refractivity contribution in [1.29, 1.82) is 0 Å². The Bertz CT molecular complexity index is 457. The molecule has 19 heavy (non-hydrogen) atoms. The van der Waals surface area contributed by atoms with Crippen LogP contribution in [0.25, 0.3) is 0 Å². The average molecular weight is 265 g/mol. The van der Waals surface area contributed by atoms with Gasteiger partial charge in [-0.2, -0.15) is 0 Å². The molecule has 0 unspecified atom stereocenters. The molecule has 0 fully saturated rings. The maximum atomic E-state index is 13.3. The maximum Gasteiger partial charge on any atom is 0.257 e. The fourth-order valence-corrected chi connectivity index (χ4v) is 1.62. The summed E-state index contributed by atoms with van der Waals surface area (Å²) in [6.45, 7) is 7.88. The van der Waals surface area contributed by atoms with Crippen molar-refractivity contribution in [2.75, 3.05) is 13.6 Å². The SMILES string of the molecule is C=CCCN(C)C(=O)c1cc(F)ccc1OC(C)C. The molecule has 0 spiro atoms. The Morgan fingerprint density at radius 1 is 1.53 bits per heavy atom. The molecule has 0 aliphatic rings. The lowest BCUT2D eigenvalue weighted by Gasteiger charge is -2.19. The molecule has 0 atom stereocenters. The molecule has 0 saturated carbocycles. The van der Waals surface area contributed by atoms with Gasteiger partial charge in [-0.1, -0.05) is 6.08 Å². The topological polar surface area (TPSA) is 29.5 Å². The van der Waals surface area contributed by atoms with E-state index in [4.69, 9.17) is 4.74 Å². The Hall–Kier alpha value is -1.84. The molecule has 1 aromatic carbocycles. The molecule has 0 bridgehead atoms. The second kappa shape index (κ2) is 6.92. The number of amides is 1. The van der Waals surface area contributed by atoms with Gasteiger partial charge in [0.25, 0.3) is 5.91 Å². The molecule has 0 radical (unpaired) electrons. The quantitative estimate of drug-likeness (QED) is 0.739. The number of carbonyl (C=O) groups excluding carboxylic acids is 1. The number of rotatable bonds is 6. The number of hydrogen-bond donors (Lipinski definition) is 0. The second-order valence-corrected chi connectivity index (χ2v) is 4.61. The fourth-order valence-electron chi connectivity index (χ4n) is 1.62. The van der Waals surface area contributed by atoms with Gasteiger partial charge in [0.15, 0.2) is 0 Å². The van der Waals surface area contributed by atoms with Crippen LogP contribution >= 0.6 is 0 Å². The second-order valence-electron chi connectivity index (χ2n) is 4.61. The summed E-state index contributed by atoms with van der Waals surface area (Å²) in [6, 6.07) is 3.99. The van der Waals surface area contributed by atoms with E-state index in [1.165, 1.54) is 23.1 Å². The first-order valence-electron chi connectivity index (χ1n) is 6.28. The summed E-state index contributed by atoms with van der Waals surface area (Å²) < 4.78 is 18.9. The molecule has 0 aliphatic carbocycles. The standard InChI is InChI=1S/C15H20FNO2/c1-5-6-9-17(4)15(18)13-10-12(16)7-8-14(13)19-11(2)3/h5,7-8,10-11H,1,6,9H2,2-4H3. The number of nitrogens with zero attached hydrogens (tertiary/aromatic N) is 1. The Morgan fingerprint density at radius 2 is 2.21 bits per heavy atom. The number of ether oxygens (including phenoxy) is 1. The first-order chi connectivity index (χ1) is 8.95. The lowest BCUT2D eigenvalue weighted by atomic mass is 10.1. The Kier molecular flexibility index (Phi) is 5.55. The highest BCUT2D eigenvalue weighted by Crippen LogP contribution is 2.22. The molecular weight excluding hydrogens is 245 g/mol. The van der Waals surface area contributed by atoms with Gasteiger partial charge < -0.3 is 9.64 Å². The van der Waals surface area contributed by atoms with E-state index in [1.54, 1.807) is 13.1 Å². The van der Waals surface area contributed by atoms with Crippen molar-refractivity contribution >= 4 is 5.91 Å². The summed E-state index contributed by atoms with van der Waals surface area (Å²) >= 11 is 0. The van der Waals surface area contributed by atoms with Crippen LogP contribution in [0.4, 0.5) is 4.39 Å². The summed E-state index contributed by atoms with van der Waals surface area (Å²) in [4.78, 5) is 13.8. The number of hydrogen-bond acceptors (Lipinski definition) is 2. The normalized spacial score (nSPS) is 10.4. The van der Waals surface area contributed by atoms with Crippen molar-refractivity contribution in [3.8, 4) is 5.75 Å². The van der Waals surface area contributed by atoms with Crippen molar-refractivity contribution in [2.24, 2.45) is 0 Å². The highest BCUT2D eigenvalue weighted by atomic mass is 19.1. The van der Waals surface area contributed by atoms with Crippen molar-refractivity contribution in [3.63, 3.8) is 0 Å². The zero-order valence-electron chi connectivity index (χ0n) is 11.6. The van der Waals surface area contributed by atoms with Crippen LogP contribution in [0.1, 0.15) is 30.6 Å². The van der Waals surface area contributed by atoms with Gasteiger partial charge in [0.1, 0.15) is 11.6 Å². The summed E-state index contributed by atoms with van der Waals surface area (Å²) in [5.74, 6) is -0.291. The van der Waals surface area contributed by atoms with Crippen LogP contribution in [0.15, 0.2) is 30.9 Å². The third-order valence-electron chi connectivity index (χ3n) is 2.55. The maximum absolute atomic E-state index is 13.3. The zero-order chi connectivity index (χ0) is 14.4. The predicted molar refractivity (Wildman–Crippen MR) is 73.9 cm³/mol. The van der Waals surface area contributed by atoms with Gasteiger partial charge in [-0.15, -0.1) is 6.58 Å². The number of carbonyl (C=O) groups is 1. The molecule has 0 aromatic heterocycles. The van der Waals surface area contributed by atoms with Crippen molar-refractivity contribution in [2.45, 2.75) is 26.4 Å². The highest BCUT2D eigenvalue weighted by molar-refractivity contribution is 5.96. The van der Waals surface area contributed by atoms with E-state index < -0.39 is 5.82 Å². The van der Waals surface area contributed by atoms with Gasteiger partial charge in [-0.25, -0.2) is 4.39 Å². The molecular formula is C15H20FNO2. The van der Waals surface area contributed by atoms with Crippen LogP contribution in [-0.4, -0.2) is 30.5 Å². The van der Waals surface area contributed by atoms with E-state index in [9.17, 15) is 9.18 Å². The van der Waals surface area contributed by atoms with Crippen molar-refractivity contribution in [3.05, 3.63) is 42.2 Å². The van der Waals surface area contributed by atoms with Gasteiger partial charge in [-0.05, 0) is 38.5 Å². The zero-order valence-corrected chi connectivity index (χ0v) is 11.6. The minimum atomic E-state index is -0.448. The molecule has 4 heteroatoms. The van der Waals surface area contributed by atoms with Gasteiger partial charge in [0, 0.05) is 13.6 Å². The summed E-state index contributed by atoms with van der Waals surface area (Å²) in [7, 11) is 1.68. The van der Waals surface area contributed by atoms with Crippen LogP contribution in [0.3, 0.4) is 0 Å². The molecule has 0 aliphatic heterocycles. The highest BCUT2D eigenvalue weighted by Gasteiger charge is 2.18. The van der Waals surface area contributed by atoms with Crippen LogP contribution in [0, 0.1) is 5.82 Å². The minimum Gasteiger partial charge on any atom is -0.490 e. The minimum absolute atomic E-state index is 0.0736. The molecule has 1 rings (SSSR count). The van der Waals surface area contributed by atoms with Crippen LogP contribution in [0.2, 0.25) is 0 Å². The van der Waals surface area contributed by atoms with Crippen LogP contribution < -0.4 is 4.74 Å². The Morgan fingerprint density at radius 3 is 2.79 bits per heavy atom. The van der Waals surface area contributed by atoms with E-state index in [-0.39, 0.29) is 17.6 Å². The van der Waals surface area contributed by atoms with Crippen LogP contribution in [0.5, 0.6) is 5.75 Å². The predicted octanol–water partition coefficient (Wildman–Crippen LogP) is 3.26. The van der Waals surface area contributed by atoms with E-state index >= 15 is 0 Å². The first kappa shape index (κ1) is 15.2. The molecule has 0 N–H and O–H groups in total. The summed E-state index contributed by atoms with van der Waals surface area (Å²) in [6.07, 6.45) is 2.36. The number of benzene rings is 1. The van der Waals surface area contributed by atoms with Gasteiger partial charge in [0.05, 0.1) is 11.7 Å². The van der Waals surface area contributed by atoms with Crippen molar-refractivity contribution < 1.29 is 13.9 Å². The third-order valence-corrected chi connectivity index (χ3v) is 2.55. The van der Waals surface area contributed by atoms with E-state index in [0.717, 1.165) is 0 Å². The van der Waals surface area contributed by atoms with Crippen LogP contribution in [-0.2, 0) is 0 Å². The lowest BCUT2D eigenvalue weighted by molar-refractivity contribution is 0.0790. The van der Waals surface area contributed by atoms with E-state index in [1.807, 2.05) is 13.8 Å². The lowest BCUT2D eigenvalue weighted by Crippen LogP contribution is -2.28. The Balaban J connectivity index is 2.99. The van der Waals surface area contributed by atoms with Gasteiger partial charge in [0.2, 0.25) is 0 Å². The fraction of sp³-hybridized carbons (Fsp3) is 0.400. The van der Waals surface area contributed by atoms with Crippen molar-refractivity contribution in [1.82, 2.24) is 4.90 Å². The van der Waals surface area contributed by atoms with E-state index in [2.05, 4.69) is 6.58 Å². The molecule has 0 saturated heterocycles. The molecule has 1 aromatic rings. The molecule has 104 valence electrons. The largest absolute Gasteiger partial charge is 0.490 e. The molecule has 1 amide bonds. The third kappa shape index (κ3) is 4.39. The molecule has 0 heterocycles. The average Bonchev–Trinajstić information content (AvgIpc) is 2.36.